The molecule has 1 saturated heterocycles. The number of pyridine rings is 1. The minimum Gasteiger partial charge on any atom is -0.397 e. The van der Waals surface area contributed by atoms with E-state index in [0.29, 0.717) is 12.1 Å². The summed E-state index contributed by atoms with van der Waals surface area (Å²) in [5.74, 6) is 0. The lowest BCUT2D eigenvalue weighted by Gasteiger charge is -2.26. The van der Waals surface area contributed by atoms with Gasteiger partial charge in [-0.1, -0.05) is 12.0 Å². The van der Waals surface area contributed by atoms with Crippen molar-refractivity contribution in [2.45, 2.75) is 44.1 Å². The van der Waals surface area contributed by atoms with E-state index in [9.17, 15) is 5.11 Å². The number of azide groups is 1. The molecule has 0 amide bonds. The van der Waals surface area contributed by atoms with E-state index < -0.39 is 23.9 Å². The molecule has 1 aliphatic rings. The first-order chi connectivity index (χ1) is 10.5. The molecule has 4 atom stereocenters. The summed E-state index contributed by atoms with van der Waals surface area (Å²) >= 11 is 1.47. The highest BCUT2D eigenvalue weighted by Gasteiger charge is 2.51. The molecule has 0 saturated carbocycles. The second-order valence-electron chi connectivity index (χ2n) is 5.61. The molecule has 0 spiro atoms. The number of aliphatic hydroxyl groups is 1. The van der Waals surface area contributed by atoms with Crippen molar-refractivity contribution in [2.75, 3.05) is 5.73 Å². The zero-order chi connectivity index (χ0) is 15.9. The van der Waals surface area contributed by atoms with Gasteiger partial charge in [0.2, 0.25) is 0 Å². The Labute approximate surface area is 131 Å². The lowest BCUT2D eigenvalue weighted by atomic mass is 9.92. The summed E-state index contributed by atoms with van der Waals surface area (Å²) in [4.78, 5) is 7.24. The molecular weight excluding hydrogens is 302 g/mol. The SMILES string of the molecule is CC[C@]1(C)O[C@@H](c2csc3c(N)ccnc23)[C@H](N=[N+]=[N-])[C@@H]1O. The van der Waals surface area contributed by atoms with E-state index in [4.69, 9.17) is 16.0 Å². The highest BCUT2D eigenvalue weighted by molar-refractivity contribution is 7.18. The van der Waals surface area contributed by atoms with E-state index in [0.717, 1.165) is 15.8 Å². The van der Waals surface area contributed by atoms with Gasteiger partial charge in [0, 0.05) is 16.7 Å². The van der Waals surface area contributed by atoms with Crippen molar-refractivity contribution in [3.05, 3.63) is 33.6 Å². The molecule has 3 heterocycles. The number of hydrogen-bond donors (Lipinski definition) is 2. The van der Waals surface area contributed by atoms with Crippen molar-refractivity contribution in [1.82, 2.24) is 4.98 Å². The predicted molar refractivity (Wildman–Crippen MR) is 85.5 cm³/mol. The second-order valence-corrected chi connectivity index (χ2v) is 6.49. The maximum Gasteiger partial charge on any atom is 0.0973 e. The minimum absolute atomic E-state index is 0.529. The van der Waals surface area contributed by atoms with Gasteiger partial charge in [-0.15, -0.1) is 11.3 Å². The van der Waals surface area contributed by atoms with Crippen LogP contribution in [0.15, 0.2) is 22.8 Å². The molecule has 1 fully saturated rings. The summed E-state index contributed by atoms with van der Waals surface area (Å²) in [7, 11) is 0. The molecule has 1 aliphatic heterocycles. The third-order valence-electron chi connectivity index (χ3n) is 4.36. The smallest absolute Gasteiger partial charge is 0.0973 e. The van der Waals surface area contributed by atoms with Crippen LogP contribution in [-0.4, -0.2) is 27.8 Å². The predicted octanol–water partition coefficient (Wildman–Crippen LogP) is 3.16. The third-order valence-corrected chi connectivity index (χ3v) is 5.40. The summed E-state index contributed by atoms with van der Waals surface area (Å²) in [6, 6.07) is 1.06. The van der Waals surface area contributed by atoms with Crippen LogP contribution in [0.25, 0.3) is 20.7 Å². The monoisotopic (exact) mass is 319 g/mol. The Hall–Kier alpha value is -1.86. The molecule has 0 radical (unpaired) electrons. The highest BCUT2D eigenvalue weighted by atomic mass is 32.1. The average molecular weight is 319 g/mol. The molecule has 2 aromatic rings. The molecule has 22 heavy (non-hydrogen) atoms. The van der Waals surface area contributed by atoms with Crippen LogP contribution < -0.4 is 5.73 Å². The number of fused-ring (bicyclic) bond motifs is 1. The van der Waals surface area contributed by atoms with Crippen LogP contribution in [0.3, 0.4) is 0 Å². The van der Waals surface area contributed by atoms with Gasteiger partial charge in [0.15, 0.2) is 0 Å². The molecule has 0 aliphatic carbocycles. The summed E-state index contributed by atoms with van der Waals surface area (Å²) < 4.78 is 6.95. The molecule has 8 heteroatoms. The fourth-order valence-electron chi connectivity index (χ4n) is 2.85. The van der Waals surface area contributed by atoms with Gasteiger partial charge in [-0.05, 0) is 30.3 Å². The molecule has 3 N–H and O–H groups in total. The number of thiophene rings is 1. The quantitative estimate of drug-likeness (QED) is 0.513. The largest absolute Gasteiger partial charge is 0.397 e. The van der Waals surface area contributed by atoms with E-state index in [1.165, 1.54) is 11.3 Å². The van der Waals surface area contributed by atoms with Gasteiger partial charge < -0.3 is 15.6 Å². The molecule has 0 unspecified atom stereocenters. The first-order valence-corrected chi connectivity index (χ1v) is 7.91. The maximum atomic E-state index is 10.5. The van der Waals surface area contributed by atoms with E-state index >= 15 is 0 Å². The minimum atomic E-state index is -0.866. The summed E-state index contributed by atoms with van der Waals surface area (Å²) in [5.41, 5.74) is 16.2. The molecule has 7 nitrogen and oxygen atoms in total. The number of ether oxygens (including phenoxy) is 1. The standard InChI is InChI=1S/C14H17N5O2S/c1-3-14(2)13(20)10(18-19-16)11(21-14)7-6-22-12-8(15)4-5-17-9(7)12/h4-6,10-11,13,20H,3H2,1-2H3,(H2,15,17)/t10-,11-,13-,14-/m0/s1. The van der Waals surface area contributed by atoms with Crippen molar-refractivity contribution in [3.8, 4) is 0 Å². The van der Waals surface area contributed by atoms with Crippen LogP contribution in [0, 0.1) is 0 Å². The van der Waals surface area contributed by atoms with Crippen molar-refractivity contribution < 1.29 is 9.84 Å². The fraction of sp³-hybridized carbons (Fsp3) is 0.500. The number of anilines is 1. The fourth-order valence-corrected chi connectivity index (χ4v) is 3.83. The summed E-state index contributed by atoms with van der Waals surface area (Å²) in [6.07, 6.45) is 0.856. The molecule has 0 bridgehead atoms. The Kier molecular flexibility index (Phi) is 3.70. The van der Waals surface area contributed by atoms with Gasteiger partial charge in [0.25, 0.3) is 0 Å². The first kappa shape index (κ1) is 15.1. The van der Waals surface area contributed by atoms with Crippen LogP contribution in [0.5, 0.6) is 0 Å². The Balaban J connectivity index is 2.12. The third kappa shape index (κ3) is 2.12. The van der Waals surface area contributed by atoms with Crippen molar-refractivity contribution >= 4 is 27.2 Å². The van der Waals surface area contributed by atoms with Crippen molar-refractivity contribution in [2.24, 2.45) is 5.11 Å². The van der Waals surface area contributed by atoms with E-state index in [-0.39, 0.29) is 0 Å². The van der Waals surface area contributed by atoms with Gasteiger partial charge in [0.1, 0.15) is 0 Å². The van der Waals surface area contributed by atoms with Crippen LogP contribution in [-0.2, 0) is 4.74 Å². The number of hydrogen-bond acceptors (Lipinski definition) is 6. The molecule has 2 aromatic heterocycles. The molecule has 0 aromatic carbocycles. The molecule has 3 rings (SSSR count). The van der Waals surface area contributed by atoms with Gasteiger partial charge in [0.05, 0.1) is 39.8 Å². The lowest BCUT2D eigenvalue weighted by Crippen LogP contribution is -2.39. The Morgan fingerprint density at radius 2 is 2.41 bits per heavy atom. The van der Waals surface area contributed by atoms with E-state index in [2.05, 4.69) is 15.0 Å². The number of rotatable bonds is 3. The number of aromatic nitrogens is 1. The number of nitrogens with two attached hydrogens (primary N) is 1. The van der Waals surface area contributed by atoms with Crippen LogP contribution >= 0.6 is 11.3 Å². The van der Waals surface area contributed by atoms with E-state index in [1.807, 2.05) is 19.2 Å². The van der Waals surface area contributed by atoms with Crippen LogP contribution in [0.4, 0.5) is 5.69 Å². The molecular formula is C14H17N5O2S. The highest BCUT2D eigenvalue weighted by Crippen LogP contribution is 2.46. The second kappa shape index (κ2) is 5.40. The zero-order valence-corrected chi connectivity index (χ0v) is 13.1. The van der Waals surface area contributed by atoms with E-state index in [1.54, 1.807) is 12.3 Å². The van der Waals surface area contributed by atoms with Gasteiger partial charge in [-0.25, -0.2) is 0 Å². The first-order valence-electron chi connectivity index (χ1n) is 7.03. The molecule has 116 valence electrons. The Morgan fingerprint density at radius 3 is 3.09 bits per heavy atom. The Morgan fingerprint density at radius 1 is 1.64 bits per heavy atom. The lowest BCUT2D eigenvalue weighted by molar-refractivity contribution is -0.0722. The number of nitrogens with zero attached hydrogens (tertiary/aromatic N) is 4. The summed E-state index contributed by atoms with van der Waals surface area (Å²) in [6.45, 7) is 3.76. The van der Waals surface area contributed by atoms with Gasteiger partial charge in [-0.3, -0.25) is 4.98 Å². The van der Waals surface area contributed by atoms with Gasteiger partial charge in [-0.2, -0.15) is 0 Å². The Bertz CT molecular complexity index is 757. The number of nitrogen functional groups attached to an aromatic ring is 1. The average Bonchev–Trinajstić information content (AvgIpc) is 3.04. The van der Waals surface area contributed by atoms with Gasteiger partial charge >= 0.3 is 0 Å². The number of aliphatic hydroxyl groups excluding tert-OH is 1. The van der Waals surface area contributed by atoms with Crippen LogP contribution in [0.1, 0.15) is 31.9 Å². The van der Waals surface area contributed by atoms with Crippen molar-refractivity contribution in [1.29, 1.82) is 0 Å². The van der Waals surface area contributed by atoms with Crippen LogP contribution in [0.2, 0.25) is 0 Å². The van der Waals surface area contributed by atoms with Crippen molar-refractivity contribution in [3.63, 3.8) is 0 Å². The maximum absolute atomic E-state index is 10.5. The zero-order valence-electron chi connectivity index (χ0n) is 12.3. The summed E-state index contributed by atoms with van der Waals surface area (Å²) in [5, 5.41) is 16.2. The normalized spacial score (nSPS) is 31.3. The topological polar surface area (TPSA) is 117 Å².